The minimum Gasteiger partial charge on any atom is -0.206 e. The molecule has 5 heteroatoms. The van der Waals surface area contributed by atoms with Crippen LogP contribution >= 0.6 is 11.9 Å². The summed E-state index contributed by atoms with van der Waals surface area (Å²) in [5, 5.41) is 2.11. The molecular formula is C21H21NO2S2. The average molecular weight is 384 g/mol. The molecule has 0 radical (unpaired) electrons. The van der Waals surface area contributed by atoms with Gasteiger partial charge in [0.05, 0.1) is 10.9 Å². The molecule has 0 N–H and O–H groups in total. The first-order valence-electron chi connectivity index (χ1n) is 8.33. The molecule has 0 spiro atoms. The Hall–Kier alpha value is -2.08. The van der Waals surface area contributed by atoms with Crippen molar-refractivity contribution in [1.82, 2.24) is 3.71 Å². The lowest BCUT2D eigenvalue weighted by molar-refractivity contribution is 0.522. The Labute approximate surface area is 159 Å². The third-order valence-electron chi connectivity index (χ3n) is 4.17. The Kier molecular flexibility index (Phi) is 5.51. The summed E-state index contributed by atoms with van der Waals surface area (Å²) in [6.07, 6.45) is 1.64. The van der Waals surface area contributed by atoms with E-state index in [-0.39, 0.29) is 10.9 Å². The molecule has 0 bridgehead atoms. The van der Waals surface area contributed by atoms with Crippen molar-refractivity contribution in [2.45, 2.75) is 29.7 Å². The fourth-order valence-corrected chi connectivity index (χ4v) is 5.60. The van der Waals surface area contributed by atoms with E-state index in [1.807, 2.05) is 68.4 Å². The molecule has 0 aliphatic rings. The van der Waals surface area contributed by atoms with Gasteiger partial charge in [0.2, 0.25) is 0 Å². The fourth-order valence-electron chi connectivity index (χ4n) is 2.62. The van der Waals surface area contributed by atoms with E-state index in [0.717, 1.165) is 21.2 Å². The van der Waals surface area contributed by atoms with Gasteiger partial charge in [0.1, 0.15) is 0 Å². The maximum absolute atomic E-state index is 13.2. The highest BCUT2D eigenvalue weighted by Crippen LogP contribution is 2.36. The molecule has 3 nitrogen and oxygen atoms in total. The number of benzene rings is 3. The molecule has 1 atom stereocenters. The number of hydrogen-bond donors (Lipinski definition) is 0. The van der Waals surface area contributed by atoms with Crippen LogP contribution in [0, 0.1) is 6.92 Å². The van der Waals surface area contributed by atoms with Crippen LogP contribution in [0.25, 0.3) is 10.8 Å². The van der Waals surface area contributed by atoms with E-state index in [4.69, 9.17) is 0 Å². The van der Waals surface area contributed by atoms with Crippen LogP contribution in [0.5, 0.6) is 0 Å². The van der Waals surface area contributed by atoms with Gasteiger partial charge >= 0.3 is 0 Å². The molecule has 3 aromatic rings. The zero-order valence-corrected chi connectivity index (χ0v) is 16.4. The highest BCUT2D eigenvalue weighted by molar-refractivity contribution is 8.08. The van der Waals surface area contributed by atoms with Gasteiger partial charge in [0.15, 0.2) is 0 Å². The highest BCUT2D eigenvalue weighted by Gasteiger charge is 2.29. The van der Waals surface area contributed by atoms with Crippen molar-refractivity contribution in [2.75, 3.05) is 0 Å². The molecule has 26 heavy (non-hydrogen) atoms. The van der Waals surface area contributed by atoms with Crippen molar-refractivity contribution in [3.63, 3.8) is 0 Å². The van der Waals surface area contributed by atoms with E-state index in [1.165, 1.54) is 15.7 Å². The van der Waals surface area contributed by atoms with Crippen molar-refractivity contribution in [3.05, 3.63) is 84.9 Å². The minimum absolute atomic E-state index is 0.282. The van der Waals surface area contributed by atoms with Gasteiger partial charge < -0.3 is 0 Å². The van der Waals surface area contributed by atoms with Crippen molar-refractivity contribution in [1.29, 1.82) is 0 Å². The molecule has 3 rings (SSSR count). The van der Waals surface area contributed by atoms with E-state index >= 15 is 0 Å². The molecule has 0 saturated heterocycles. The lowest BCUT2D eigenvalue weighted by Gasteiger charge is -2.25. The van der Waals surface area contributed by atoms with Gasteiger partial charge in [-0.2, -0.15) is 0 Å². The zero-order valence-electron chi connectivity index (χ0n) is 14.8. The summed E-state index contributed by atoms with van der Waals surface area (Å²) < 4.78 is 27.9. The Balaban J connectivity index is 2.06. The fraction of sp³-hybridized carbons (Fsp3) is 0.143. The highest BCUT2D eigenvalue weighted by atomic mass is 32.3. The van der Waals surface area contributed by atoms with Gasteiger partial charge in [-0.15, -0.1) is 10.3 Å². The Morgan fingerprint density at radius 2 is 1.65 bits per heavy atom. The van der Waals surface area contributed by atoms with Crippen LogP contribution in [-0.4, -0.2) is 18.2 Å². The molecule has 0 amide bonds. The summed E-state index contributed by atoms with van der Waals surface area (Å²) in [5.41, 5.74) is 1.02. The summed E-state index contributed by atoms with van der Waals surface area (Å²) in [7, 11) is -3.67. The number of hydrogen-bond acceptors (Lipinski definition) is 3. The summed E-state index contributed by atoms with van der Waals surface area (Å²) >= 11 is 1.23. The van der Waals surface area contributed by atoms with Crippen LogP contribution in [0.1, 0.15) is 12.5 Å². The number of fused-ring (bicyclic) bond motifs is 1. The third-order valence-corrected chi connectivity index (χ3v) is 7.72. The van der Waals surface area contributed by atoms with Crippen molar-refractivity contribution >= 4 is 32.7 Å². The van der Waals surface area contributed by atoms with Crippen LogP contribution in [0.3, 0.4) is 0 Å². The third kappa shape index (κ3) is 3.70. The smallest absolute Gasteiger partial charge is 0.206 e. The topological polar surface area (TPSA) is 37.4 Å². The first kappa shape index (κ1) is 18.7. The van der Waals surface area contributed by atoms with Gasteiger partial charge in [-0.3, -0.25) is 0 Å². The second kappa shape index (κ2) is 7.66. The van der Waals surface area contributed by atoms with E-state index in [0.29, 0.717) is 0 Å². The monoisotopic (exact) mass is 383 g/mol. The van der Waals surface area contributed by atoms with Gasteiger partial charge in [0.25, 0.3) is 10.0 Å². The standard InChI is InChI=1S/C21H21NO2S2/c1-4-17(3)22(26(23,24)19-14-12-16(2)13-15-19)25-21-11-7-9-18-8-5-6-10-20(18)21/h4-15,17H,1H2,2-3H3. The van der Waals surface area contributed by atoms with E-state index in [9.17, 15) is 8.42 Å². The van der Waals surface area contributed by atoms with E-state index < -0.39 is 10.0 Å². The predicted octanol–water partition coefficient (Wildman–Crippen LogP) is 5.42. The van der Waals surface area contributed by atoms with Crippen LogP contribution in [0.2, 0.25) is 0 Å². The summed E-state index contributed by atoms with van der Waals surface area (Å²) in [4.78, 5) is 1.18. The predicted molar refractivity (Wildman–Crippen MR) is 110 cm³/mol. The van der Waals surface area contributed by atoms with Crippen molar-refractivity contribution < 1.29 is 8.42 Å². The van der Waals surface area contributed by atoms with Crippen LogP contribution in [-0.2, 0) is 10.0 Å². The van der Waals surface area contributed by atoms with Gasteiger partial charge in [0, 0.05) is 4.90 Å². The summed E-state index contributed by atoms with van der Waals surface area (Å²) in [5.74, 6) is 0. The molecular weight excluding hydrogens is 362 g/mol. The Bertz CT molecular complexity index is 1020. The number of sulfonamides is 1. The van der Waals surface area contributed by atoms with Crippen LogP contribution in [0.4, 0.5) is 0 Å². The average Bonchev–Trinajstić information content (AvgIpc) is 2.65. The zero-order chi connectivity index (χ0) is 18.7. The van der Waals surface area contributed by atoms with Gasteiger partial charge in [-0.1, -0.05) is 60.2 Å². The van der Waals surface area contributed by atoms with Crippen LogP contribution in [0.15, 0.2) is 89.2 Å². The van der Waals surface area contributed by atoms with Crippen molar-refractivity contribution in [2.24, 2.45) is 0 Å². The largest absolute Gasteiger partial charge is 0.253 e. The molecule has 0 aliphatic carbocycles. The van der Waals surface area contributed by atoms with E-state index in [1.54, 1.807) is 18.2 Å². The molecule has 0 aliphatic heterocycles. The molecule has 0 aromatic heterocycles. The van der Waals surface area contributed by atoms with Crippen molar-refractivity contribution in [3.8, 4) is 0 Å². The Morgan fingerprint density at radius 1 is 1.00 bits per heavy atom. The molecule has 0 heterocycles. The normalized spacial score (nSPS) is 13.0. The molecule has 1 unspecified atom stereocenters. The summed E-state index contributed by atoms with van der Waals surface area (Å²) in [6.45, 7) is 7.55. The molecule has 0 saturated carbocycles. The quantitative estimate of drug-likeness (QED) is 0.421. The first-order valence-corrected chi connectivity index (χ1v) is 10.5. The van der Waals surface area contributed by atoms with E-state index in [2.05, 4.69) is 6.58 Å². The minimum atomic E-state index is -3.67. The lowest BCUT2D eigenvalue weighted by Crippen LogP contribution is -2.31. The maximum Gasteiger partial charge on any atom is 0.253 e. The SMILES string of the molecule is C=CC(C)N(Sc1cccc2ccccc12)S(=O)(=O)c1ccc(C)cc1. The number of rotatable bonds is 6. The Morgan fingerprint density at radius 3 is 2.35 bits per heavy atom. The maximum atomic E-state index is 13.2. The van der Waals surface area contributed by atoms with Gasteiger partial charge in [-0.05, 0) is 54.8 Å². The van der Waals surface area contributed by atoms with Gasteiger partial charge in [-0.25, -0.2) is 8.42 Å². The second-order valence-corrected chi connectivity index (χ2v) is 9.18. The summed E-state index contributed by atoms with van der Waals surface area (Å²) in [6, 6.07) is 20.4. The first-order chi connectivity index (χ1) is 12.4. The molecule has 134 valence electrons. The molecule has 0 fully saturated rings. The molecule has 3 aromatic carbocycles. The lowest BCUT2D eigenvalue weighted by atomic mass is 10.1. The number of nitrogens with zero attached hydrogens (tertiary/aromatic N) is 1. The number of aryl methyl sites for hydroxylation is 1. The van der Waals surface area contributed by atoms with Crippen LogP contribution < -0.4 is 0 Å². The second-order valence-electron chi connectivity index (χ2n) is 6.12.